The van der Waals surface area contributed by atoms with Crippen molar-refractivity contribution in [3.05, 3.63) is 52.3 Å². The largest absolute Gasteiger partial charge is 0.491 e. The van der Waals surface area contributed by atoms with E-state index in [0.717, 1.165) is 18.4 Å². The number of aryl methyl sites for hydroxylation is 1. The summed E-state index contributed by atoms with van der Waals surface area (Å²) in [6, 6.07) is 7.99. The molecule has 0 aliphatic heterocycles. The van der Waals surface area contributed by atoms with E-state index in [9.17, 15) is 9.90 Å². The number of halogens is 2. The second kappa shape index (κ2) is 7.63. The van der Waals surface area contributed by atoms with Crippen LogP contribution < -0.4 is 10.1 Å². The Bertz CT molecular complexity index is 911. The zero-order valence-corrected chi connectivity index (χ0v) is 17.2. The summed E-state index contributed by atoms with van der Waals surface area (Å²) in [7, 11) is 0. The minimum Gasteiger partial charge on any atom is -0.491 e. The molecule has 3 rings (SSSR count). The summed E-state index contributed by atoms with van der Waals surface area (Å²) in [6.45, 7) is 7.83. The Kier molecular flexibility index (Phi) is 5.57. The molecule has 150 valence electrons. The zero-order valence-electron chi connectivity index (χ0n) is 16.5. The highest BCUT2D eigenvalue weighted by Gasteiger charge is 2.37. The van der Waals surface area contributed by atoms with E-state index in [1.165, 1.54) is 6.07 Å². The highest BCUT2D eigenvalue weighted by Crippen LogP contribution is 2.45. The van der Waals surface area contributed by atoms with Gasteiger partial charge in [-0.25, -0.2) is 9.18 Å². The topological polar surface area (TPSA) is 58.6 Å². The first kappa shape index (κ1) is 20.5. The average molecular weight is 406 g/mol. The van der Waals surface area contributed by atoms with Crippen molar-refractivity contribution >= 4 is 17.7 Å². The third-order valence-electron chi connectivity index (χ3n) is 5.23. The lowest BCUT2D eigenvalue weighted by Crippen LogP contribution is -2.40. The van der Waals surface area contributed by atoms with Crippen LogP contribution in [0.3, 0.4) is 0 Å². The Balaban J connectivity index is 2.04. The predicted octanol–water partition coefficient (Wildman–Crippen LogP) is 6.21. The maximum Gasteiger partial charge on any atom is 0.405 e. The van der Waals surface area contributed by atoms with E-state index in [0.29, 0.717) is 27.5 Å². The maximum absolute atomic E-state index is 15.1. The van der Waals surface area contributed by atoms with Crippen LogP contribution in [0, 0.1) is 11.2 Å². The van der Waals surface area contributed by atoms with Crippen molar-refractivity contribution in [2.24, 2.45) is 5.41 Å². The molecule has 0 heterocycles. The van der Waals surface area contributed by atoms with Crippen LogP contribution in [0.5, 0.6) is 5.75 Å². The Hall–Kier alpha value is -2.27. The Morgan fingerprint density at radius 2 is 2.00 bits per heavy atom. The lowest BCUT2D eigenvalue weighted by atomic mass is 9.70. The molecule has 1 amide bonds. The SMILES string of the molecule is CC(C)Oc1ccc(-c2cc3c(cc2F)[C@H](NC(=O)O)C(C)(C)CC3)c(Cl)c1. The number of rotatable bonds is 4. The van der Waals surface area contributed by atoms with E-state index in [4.69, 9.17) is 16.3 Å². The number of carboxylic acid groups (broad SMARTS) is 1. The Morgan fingerprint density at radius 3 is 2.61 bits per heavy atom. The molecule has 6 heteroatoms. The Labute approximate surface area is 169 Å². The van der Waals surface area contributed by atoms with Crippen LogP contribution in [0.1, 0.15) is 51.3 Å². The van der Waals surface area contributed by atoms with Crippen molar-refractivity contribution in [2.75, 3.05) is 0 Å². The molecule has 1 aliphatic rings. The summed E-state index contributed by atoms with van der Waals surface area (Å²) >= 11 is 6.41. The summed E-state index contributed by atoms with van der Waals surface area (Å²) in [4.78, 5) is 11.3. The van der Waals surface area contributed by atoms with E-state index in [2.05, 4.69) is 5.32 Å². The monoisotopic (exact) mass is 405 g/mol. The molecule has 0 saturated heterocycles. The summed E-state index contributed by atoms with van der Waals surface area (Å²) < 4.78 is 20.7. The fourth-order valence-corrected chi connectivity index (χ4v) is 4.08. The Morgan fingerprint density at radius 1 is 1.29 bits per heavy atom. The van der Waals surface area contributed by atoms with Crippen molar-refractivity contribution in [3.63, 3.8) is 0 Å². The smallest absolute Gasteiger partial charge is 0.405 e. The van der Waals surface area contributed by atoms with Gasteiger partial charge in [0.15, 0.2) is 0 Å². The molecule has 0 aromatic heterocycles. The summed E-state index contributed by atoms with van der Waals surface area (Å²) in [5.74, 6) is 0.211. The molecular weight excluding hydrogens is 381 g/mol. The highest BCUT2D eigenvalue weighted by molar-refractivity contribution is 6.33. The first-order chi connectivity index (χ1) is 13.1. The van der Waals surface area contributed by atoms with Gasteiger partial charge < -0.3 is 15.2 Å². The lowest BCUT2D eigenvalue weighted by molar-refractivity contribution is 0.161. The molecular formula is C22H25ClFNO3. The highest BCUT2D eigenvalue weighted by atomic mass is 35.5. The third kappa shape index (κ3) is 4.09. The van der Waals surface area contributed by atoms with Crippen LogP contribution >= 0.6 is 11.6 Å². The number of nitrogens with one attached hydrogen (secondary N) is 1. The number of benzene rings is 2. The summed E-state index contributed by atoms with van der Waals surface area (Å²) in [5, 5.41) is 12.2. The van der Waals surface area contributed by atoms with Gasteiger partial charge in [0.1, 0.15) is 11.6 Å². The van der Waals surface area contributed by atoms with Crippen LogP contribution in [0.2, 0.25) is 5.02 Å². The first-order valence-corrected chi connectivity index (χ1v) is 9.74. The van der Waals surface area contributed by atoms with Gasteiger partial charge >= 0.3 is 6.09 Å². The quantitative estimate of drug-likeness (QED) is 0.635. The van der Waals surface area contributed by atoms with Crippen LogP contribution in [0.25, 0.3) is 11.1 Å². The molecule has 2 N–H and O–H groups in total. The van der Waals surface area contributed by atoms with E-state index in [1.54, 1.807) is 24.3 Å². The van der Waals surface area contributed by atoms with Crippen LogP contribution in [-0.4, -0.2) is 17.3 Å². The second-order valence-electron chi connectivity index (χ2n) is 8.21. The van der Waals surface area contributed by atoms with Crippen molar-refractivity contribution in [2.45, 2.75) is 52.7 Å². The van der Waals surface area contributed by atoms with Gasteiger partial charge in [0.2, 0.25) is 0 Å². The van der Waals surface area contributed by atoms with Gasteiger partial charge in [0, 0.05) is 11.1 Å². The number of ether oxygens (including phenoxy) is 1. The van der Waals surface area contributed by atoms with Crippen LogP contribution in [0.15, 0.2) is 30.3 Å². The molecule has 0 unspecified atom stereocenters. The molecule has 0 fully saturated rings. The van der Waals surface area contributed by atoms with Gasteiger partial charge in [0.05, 0.1) is 17.2 Å². The van der Waals surface area contributed by atoms with E-state index in [1.807, 2.05) is 27.7 Å². The van der Waals surface area contributed by atoms with Gasteiger partial charge in [0.25, 0.3) is 0 Å². The van der Waals surface area contributed by atoms with Gasteiger partial charge in [-0.2, -0.15) is 0 Å². The minimum absolute atomic E-state index is 0.0180. The third-order valence-corrected chi connectivity index (χ3v) is 5.54. The molecule has 1 atom stereocenters. The molecule has 28 heavy (non-hydrogen) atoms. The van der Waals surface area contributed by atoms with Gasteiger partial charge in [-0.05, 0) is 73.6 Å². The normalized spacial score (nSPS) is 17.9. The van der Waals surface area contributed by atoms with Gasteiger partial charge in [-0.3, -0.25) is 0 Å². The molecule has 0 radical (unpaired) electrons. The van der Waals surface area contributed by atoms with E-state index >= 15 is 4.39 Å². The average Bonchev–Trinajstić information content (AvgIpc) is 2.57. The molecule has 0 bridgehead atoms. The van der Waals surface area contributed by atoms with Crippen molar-refractivity contribution in [3.8, 4) is 16.9 Å². The standard InChI is InChI=1S/C22H25ClFNO3/c1-12(2)28-14-5-6-15(18(23)10-14)17-9-13-7-8-22(3,4)20(25-21(26)27)16(13)11-19(17)24/h5-6,9-12,20,25H,7-8H2,1-4H3,(H,26,27)/t20-/m0/s1. The number of carbonyl (C=O) groups is 1. The molecule has 4 nitrogen and oxygen atoms in total. The van der Waals surface area contributed by atoms with Crippen molar-refractivity contribution in [1.82, 2.24) is 5.32 Å². The summed E-state index contributed by atoms with van der Waals surface area (Å²) in [6.07, 6.45) is 0.452. The molecule has 2 aromatic carbocycles. The molecule has 1 aliphatic carbocycles. The van der Waals surface area contributed by atoms with Crippen molar-refractivity contribution in [1.29, 1.82) is 0 Å². The van der Waals surface area contributed by atoms with E-state index < -0.39 is 18.0 Å². The van der Waals surface area contributed by atoms with E-state index in [-0.39, 0.29) is 11.5 Å². The number of hydrogen-bond acceptors (Lipinski definition) is 2. The number of hydrogen-bond donors (Lipinski definition) is 2. The molecule has 2 aromatic rings. The maximum atomic E-state index is 15.1. The van der Waals surface area contributed by atoms with Crippen LogP contribution in [-0.2, 0) is 6.42 Å². The number of amides is 1. The fraction of sp³-hybridized carbons (Fsp3) is 0.409. The van der Waals surface area contributed by atoms with Gasteiger partial charge in [-0.15, -0.1) is 0 Å². The zero-order chi connectivity index (χ0) is 20.6. The molecule has 0 saturated carbocycles. The fourth-order valence-electron chi connectivity index (χ4n) is 3.80. The van der Waals surface area contributed by atoms with Gasteiger partial charge in [-0.1, -0.05) is 25.4 Å². The second-order valence-corrected chi connectivity index (χ2v) is 8.62. The lowest BCUT2D eigenvalue weighted by Gasteiger charge is -2.40. The first-order valence-electron chi connectivity index (χ1n) is 9.37. The molecule has 0 spiro atoms. The van der Waals surface area contributed by atoms with Crippen LogP contribution in [0.4, 0.5) is 9.18 Å². The predicted molar refractivity (Wildman–Crippen MR) is 109 cm³/mol. The minimum atomic E-state index is -1.11. The summed E-state index contributed by atoms with van der Waals surface area (Å²) in [5.41, 5.74) is 2.33. The van der Waals surface area contributed by atoms with Crippen molar-refractivity contribution < 1.29 is 19.0 Å². The number of fused-ring (bicyclic) bond motifs is 1.